The van der Waals surface area contributed by atoms with Crippen molar-refractivity contribution in [1.82, 2.24) is 14.6 Å². The SMILES string of the molecule is O=C(O)c1cnc2cc(Cl)nn2c1CC1CCOCC1. The quantitative estimate of drug-likeness (QED) is 0.938. The van der Waals surface area contributed by atoms with E-state index in [2.05, 4.69) is 10.1 Å². The van der Waals surface area contributed by atoms with Crippen LogP contribution in [0.5, 0.6) is 0 Å². The van der Waals surface area contributed by atoms with Crippen molar-refractivity contribution >= 4 is 23.2 Å². The van der Waals surface area contributed by atoms with Crippen molar-refractivity contribution in [3.63, 3.8) is 0 Å². The molecule has 0 aromatic carbocycles. The van der Waals surface area contributed by atoms with Gasteiger partial charge >= 0.3 is 5.97 Å². The predicted octanol–water partition coefficient (Wildman–Crippen LogP) is 2.05. The molecule has 1 aliphatic rings. The second-order valence-electron chi connectivity index (χ2n) is 4.92. The first-order valence-corrected chi connectivity index (χ1v) is 6.87. The second-order valence-corrected chi connectivity index (χ2v) is 5.31. The molecule has 3 heterocycles. The number of carbonyl (C=O) groups is 1. The second kappa shape index (κ2) is 5.38. The topological polar surface area (TPSA) is 76.7 Å². The van der Waals surface area contributed by atoms with Gasteiger partial charge in [-0.1, -0.05) is 11.6 Å². The Kier molecular flexibility index (Phi) is 3.58. The summed E-state index contributed by atoms with van der Waals surface area (Å²) < 4.78 is 6.88. The van der Waals surface area contributed by atoms with Gasteiger partial charge in [0.1, 0.15) is 0 Å². The summed E-state index contributed by atoms with van der Waals surface area (Å²) in [6, 6.07) is 1.63. The number of nitrogens with zero attached hydrogens (tertiary/aromatic N) is 3. The van der Waals surface area contributed by atoms with E-state index in [-0.39, 0.29) is 5.56 Å². The zero-order chi connectivity index (χ0) is 14.1. The van der Waals surface area contributed by atoms with Gasteiger partial charge in [0.05, 0.1) is 11.3 Å². The van der Waals surface area contributed by atoms with Gasteiger partial charge in [-0.25, -0.2) is 14.3 Å². The van der Waals surface area contributed by atoms with Gasteiger partial charge in [0.25, 0.3) is 0 Å². The third-order valence-corrected chi connectivity index (χ3v) is 3.79. The smallest absolute Gasteiger partial charge is 0.339 e. The van der Waals surface area contributed by atoms with E-state index < -0.39 is 5.97 Å². The maximum atomic E-state index is 11.4. The van der Waals surface area contributed by atoms with E-state index in [0.29, 0.717) is 28.8 Å². The molecule has 1 N–H and O–H groups in total. The third-order valence-electron chi connectivity index (χ3n) is 3.61. The van der Waals surface area contributed by atoms with E-state index in [0.717, 1.165) is 26.1 Å². The molecule has 1 saturated heterocycles. The van der Waals surface area contributed by atoms with Crippen molar-refractivity contribution in [3.8, 4) is 0 Å². The molecule has 20 heavy (non-hydrogen) atoms. The summed E-state index contributed by atoms with van der Waals surface area (Å²) >= 11 is 5.89. The van der Waals surface area contributed by atoms with Crippen LogP contribution in [0.4, 0.5) is 0 Å². The molecule has 3 rings (SSSR count). The lowest BCUT2D eigenvalue weighted by Crippen LogP contribution is -2.21. The first-order valence-electron chi connectivity index (χ1n) is 6.49. The van der Waals surface area contributed by atoms with Gasteiger partial charge in [0, 0.05) is 25.5 Å². The Morgan fingerprint density at radius 2 is 2.25 bits per heavy atom. The lowest BCUT2D eigenvalue weighted by atomic mass is 9.93. The fourth-order valence-corrected chi connectivity index (χ4v) is 2.73. The Labute approximate surface area is 120 Å². The number of fused-ring (bicyclic) bond motifs is 1. The molecule has 0 saturated carbocycles. The van der Waals surface area contributed by atoms with Crippen LogP contribution in [0.1, 0.15) is 28.9 Å². The first-order chi connectivity index (χ1) is 9.65. The molecular weight excluding hydrogens is 282 g/mol. The molecule has 0 bridgehead atoms. The number of halogens is 1. The van der Waals surface area contributed by atoms with Gasteiger partial charge in [-0.05, 0) is 25.2 Å². The van der Waals surface area contributed by atoms with Gasteiger partial charge in [0.2, 0.25) is 0 Å². The monoisotopic (exact) mass is 295 g/mol. The van der Waals surface area contributed by atoms with Crippen molar-refractivity contribution in [1.29, 1.82) is 0 Å². The Bertz CT molecular complexity index is 650. The summed E-state index contributed by atoms with van der Waals surface area (Å²) in [7, 11) is 0. The average Bonchev–Trinajstić information content (AvgIpc) is 2.81. The van der Waals surface area contributed by atoms with Crippen LogP contribution in [0, 0.1) is 5.92 Å². The van der Waals surface area contributed by atoms with Crippen LogP contribution >= 0.6 is 11.6 Å². The Morgan fingerprint density at radius 1 is 1.50 bits per heavy atom. The number of hydrogen-bond acceptors (Lipinski definition) is 4. The number of hydrogen-bond donors (Lipinski definition) is 1. The van der Waals surface area contributed by atoms with Crippen molar-refractivity contribution in [2.24, 2.45) is 5.92 Å². The van der Waals surface area contributed by atoms with E-state index in [9.17, 15) is 9.90 Å². The van der Waals surface area contributed by atoms with Gasteiger partial charge < -0.3 is 9.84 Å². The number of rotatable bonds is 3. The van der Waals surface area contributed by atoms with Crippen molar-refractivity contribution in [3.05, 3.63) is 28.7 Å². The number of carboxylic acids is 1. The summed E-state index contributed by atoms with van der Waals surface area (Å²) in [5, 5.41) is 13.8. The Morgan fingerprint density at radius 3 is 2.95 bits per heavy atom. The molecule has 0 atom stereocenters. The predicted molar refractivity (Wildman–Crippen MR) is 72.2 cm³/mol. The summed E-state index contributed by atoms with van der Waals surface area (Å²) in [6.45, 7) is 1.45. The lowest BCUT2D eigenvalue weighted by Gasteiger charge is -2.22. The molecule has 0 radical (unpaired) electrons. The molecule has 0 amide bonds. The Balaban J connectivity index is 2.04. The summed E-state index contributed by atoms with van der Waals surface area (Å²) in [5.74, 6) is -0.594. The van der Waals surface area contributed by atoms with E-state index in [4.69, 9.17) is 16.3 Å². The third kappa shape index (κ3) is 2.48. The molecule has 6 nitrogen and oxygen atoms in total. The number of aromatic carboxylic acids is 1. The molecule has 7 heteroatoms. The fourth-order valence-electron chi connectivity index (χ4n) is 2.55. The zero-order valence-electron chi connectivity index (χ0n) is 10.8. The van der Waals surface area contributed by atoms with Crippen molar-refractivity contribution in [2.75, 3.05) is 13.2 Å². The van der Waals surface area contributed by atoms with E-state index >= 15 is 0 Å². The van der Waals surface area contributed by atoms with Crippen LogP contribution in [-0.2, 0) is 11.2 Å². The normalized spacial score (nSPS) is 16.6. The van der Waals surface area contributed by atoms with Crippen LogP contribution in [0.3, 0.4) is 0 Å². The Hall–Kier alpha value is -1.66. The highest BCUT2D eigenvalue weighted by Gasteiger charge is 2.22. The molecule has 0 spiro atoms. The minimum atomic E-state index is -0.993. The molecule has 0 unspecified atom stereocenters. The minimum absolute atomic E-state index is 0.184. The van der Waals surface area contributed by atoms with E-state index in [1.165, 1.54) is 6.20 Å². The van der Waals surface area contributed by atoms with Crippen LogP contribution in [0.15, 0.2) is 12.3 Å². The highest BCUT2D eigenvalue weighted by Crippen LogP contribution is 2.23. The van der Waals surface area contributed by atoms with Crippen molar-refractivity contribution in [2.45, 2.75) is 19.3 Å². The molecule has 1 fully saturated rings. The maximum absolute atomic E-state index is 11.4. The summed E-state index contributed by atoms with van der Waals surface area (Å²) in [5.41, 5.74) is 1.41. The van der Waals surface area contributed by atoms with Crippen molar-refractivity contribution < 1.29 is 14.6 Å². The fraction of sp³-hybridized carbons (Fsp3) is 0.462. The lowest BCUT2D eigenvalue weighted by molar-refractivity contribution is 0.0651. The van der Waals surface area contributed by atoms with Gasteiger partial charge in [-0.2, -0.15) is 5.10 Å². The molecule has 2 aromatic rings. The number of ether oxygens (including phenoxy) is 1. The molecular formula is C13H14ClN3O3. The molecule has 2 aromatic heterocycles. The zero-order valence-corrected chi connectivity index (χ0v) is 11.5. The van der Waals surface area contributed by atoms with Gasteiger partial charge in [0.15, 0.2) is 10.8 Å². The number of carboxylic acid groups (broad SMARTS) is 1. The van der Waals surface area contributed by atoms with Crippen LogP contribution < -0.4 is 0 Å². The van der Waals surface area contributed by atoms with Crippen LogP contribution in [-0.4, -0.2) is 38.9 Å². The molecule has 1 aliphatic heterocycles. The highest BCUT2D eigenvalue weighted by atomic mass is 35.5. The average molecular weight is 296 g/mol. The van der Waals surface area contributed by atoms with Crippen LogP contribution in [0.25, 0.3) is 5.65 Å². The highest BCUT2D eigenvalue weighted by molar-refractivity contribution is 6.29. The van der Waals surface area contributed by atoms with Gasteiger partial charge in [-0.3, -0.25) is 0 Å². The minimum Gasteiger partial charge on any atom is -0.478 e. The standard InChI is InChI=1S/C13H14ClN3O3/c14-11-6-12-15-7-9(13(18)19)10(17(12)16-11)5-8-1-3-20-4-2-8/h6-8H,1-5H2,(H,18,19). The summed E-state index contributed by atoms with van der Waals surface area (Å²) in [4.78, 5) is 15.5. The molecule has 106 valence electrons. The van der Waals surface area contributed by atoms with E-state index in [1.807, 2.05) is 0 Å². The van der Waals surface area contributed by atoms with E-state index in [1.54, 1.807) is 10.6 Å². The first kappa shape index (κ1) is 13.3. The largest absolute Gasteiger partial charge is 0.478 e. The number of aromatic nitrogens is 3. The maximum Gasteiger partial charge on any atom is 0.339 e. The van der Waals surface area contributed by atoms with Gasteiger partial charge in [-0.15, -0.1) is 0 Å². The summed E-state index contributed by atoms with van der Waals surface area (Å²) in [6.07, 6.45) is 3.88. The molecule has 0 aliphatic carbocycles. The van der Waals surface area contributed by atoms with Crippen LogP contribution in [0.2, 0.25) is 5.15 Å².